The highest BCUT2D eigenvalue weighted by Crippen LogP contribution is 2.06. The van der Waals surface area contributed by atoms with Crippen LogP contribution in [0.25, 0.3) is 0 Å². The van der Waals surface area contributed by atoms with E-state index in [0.717, 1.165) is 6.42 Å². The van der Waals surface area contributed by atoms with E-state index >= 15 is 0 Å². The average Bonchev–Trinajstić information content (AvgIpc) is 2.00. The lowest BCUT2D eigenvalue weighted by molar-refractivity contribution is -0.257. The van der Waals surface area contributed by atoms with Gasteiger partial charge >= 0.3 is 5.97 Å². The fraction of sp³-hybridized carbons (Fsp3) is 0.714. The molecule has 0 rings (SSSR count). The number of rotatable bonds is 4. The lowest BCUT2D eigenvalue weighted by Crippen LogP contribution is -2.15. The number of nitriles is 1. The summed E-state index contributed by atoms with van der Waals surface area (Å²) in [5, 5.41) is 8.45. The Morgan fingerprint density at radius 3 is 2.73 bits per heavy atom. The molecule has 4 nitrogen and oxygen atoms in total. The number of carbonyl (C=O) groups excluding carboxylic acids is 1. The van der Waals surface area contributed by atoms with Crippen molar-refractivity contribution >= 4 is 5.97 Å². The smallest absolute Gasteiger partial charge is 0.297 e. The molecule has 0 aromatic rings. The zero-order valence-corrected chi connectivity index (χ0v) is 6.66. The van der Waals surface area contributed by atoms with Crippen LogP contribution < -0.4 is 0 Å². The van der Waals surface area contributed by atoms with Gasteiger partial charge in [0, 0.05) is 0 Å². The molecule has 0 N–H and O–H groups in total. The van der Waals surface area contributed by atoms with Gasteiger partial charge in [0.05, 0.1) is 13.2 Å². The van der Waals surface area contributed by atoms with Gasteiger partial charge in [-0.3, -0.25) is 4.89 Å². The first kappa shape index (κ1) is 9.92. The molecule has 0 fully saturated rings. The van der Waals surface area contributed by atoms with E-state index in [4.69, 9.17) is 5.26 Å². The van der Waals surface area contributed by atoms with Crippen LogP contribution in [0.3, 0.4) is 0 Å². The lowest BCUT2D eigenvalue weighted by atomic mass is 10.1. The number of nitrogens with zero attached hydrogens (tertiary/aromatic N) is 1. The normalized spacial score (nSPS) is 11.7. The molecule has 0 saturated heterocycles. The fourth-order valence-electron chi connectivity index (χ4n) is 0.664. The summed E-state index contributed by atoms with van der Waals surface area (Å²) in [4.78, 5) is 19.1. The van der Waals surface area contributed by atoms with Gasteiger partial charge in [0.15, 0.2) is 0 Å². The molecular weight excluding hydrogens is 146 g/mol. The van der Waals surface area contributed by atoms with E-state index in [1.807, 2.05) is 13.0 Å². The summed E-state index contributed by atoms with van der Waals surface area (Å²) in [6, 6.07) is 1.83. The molecule has 0 saturated carbocycles. The maximum atomic E-state index is 10.8. The summed E-state index contributed by atoms with van der Waals surface area (Å²) < 4.78 is 0. The third-order valence-corrected chi connectivity index (χ3v) is 1.18. The van der Waals surface area contributed by atoms with Crippen LogP contribution in [0.5, 0.6) is 0 Å². The Morgan fingerprint density at radius 2 is 2.36 bits per heavy atom. The van der Waals surface area contributed by atoms with Crippen molar-refractivity contribution in [1.82, 2.24) is 0 Å². The molecule has 0 amide bonds. The second-order valence-electron chi connectivity index (χ2n) is 2.04. The minimum atomic E-state index is -0.694. The molecule has 0 spiro atoms. The second-order valence-corrected chi connectivity index (χ2v) is 2.04. The molecule has 0 bridgehead atoms. The predicted molar refractivity (Wildman–Crippen MR) is 37.1 cm³/mol. The summed E-state index contributed by atoms with van der Waals surface area (Å²) in [6.45, 7) is 1.89. The van der Waals surface area contributed by atoms with Gasteiger partial charge in [0.1, 0.15) is 5.92 Å². The van der Waals surface area contributed by atoms with Crippen LogP contribution in [0.2, 0.25) is 0 Å². The van der Waals surface area contributed by atoms with Crippen molar-refractivity contribution in [2.24, 2.45) is 5.92 Å². The molecule has 0 heterocycles. The van der Waals surface area contributed by atoms with E-state index in [2.05, 4.69) is 9.78 Å². The van der Waals surface area contributed by atoms with Gasteiger partial charge in [-0.15, -0.1) is 0 Å². The first-order valence-corrected chi connectivity index (χ1v) is 3.40. The van der Waals surface area contributed by atoms with Gasteiger partial charge in [-0.25, -0.2) is 4.79 Å². The largest absolute Gasteiger partial charge is 0.359 e. The molecule has 62 valence electrons. The van der Waals surface area contributed by atoms with Crippen LogP contribution in [0.15, 0.2) is 0 Å². The van der Waals surface area contributed by atoms with Gasteiger partial charge in [0.2, 0.25) is 0 Å². The highest BCUT2D eigenvalue weighted by atomic mass is 17.2. The average molecular weight is 157 g/mol. The summed E-state index contributed by atoms with van der Waals surface area (Å²) in [6.07, 6.45) is 1.29. The third kappa shape index (κ3) is 3.58. The second kappa shape index (κ2) is 5.69. The molecule has 0 aromatic heterocycles. The van der Waals surface area contributed by atoms with E-state index in [1.165, 1.54) is 7.11 Å². The highest BCUT2D eigenvalue weighted by Gasteiger charge is 2.18. The SMILES string of the molecule is CCCC(C#N)C(=O)OOC. The lowest BCUT2D eigenvalue weighted by Gasteiger charge is -2.03. The predicted octanol–water partition coefficient (Wildman–Crippen LogP) is 1.03. The molecule has 0 aliphatic carbocycles. The van der Waals surface area contributed by atoms with E-state index in [0.29, 0.717) is 6.42 Å². The molecule has 11 heavy (non-hydrogen) atoms. The minimum absolute atomic E-state index is 0.513. The van der Waals surface area contributed by atoms with E-state index in [9.17, 15) is 4.79 Å². The first-order chi connectivity index (χ1) is 5.26. The van der Waals surface area contributed by atoms with E-state index in [-0.39, 0.29) is 0 Å². The highest BCUT2D eigenvalue weighted by molar-refractivity contribution is 5.74. The topological polar surface area (TPSA) is 59.3 Å². The van der Waals surface area contributed by atoms with Crippen LogP contribution >= 0.6 is 0 Å². The summed E-state index contributed by atoms with van der Waals surface area (Å²) in [5.74, 6) is -1.31. The van der Waals surface area contributed by atoms with E-state index in [1.54, 1.807) is 0 Å². The molecule has 4 heteroatoms. The van der Waals surface area contributed by atoms with Gasteiger partial charge in [-0.05, 0) is 6.42 Å². The van der Waals surface area contributed by atoms with E-state index < -0.39 is 11.9 Å². The first-order valence-electron chi connectivity index (χ1n) is 3.40. The number of hydrogen-bond acceptors (Lipinski definition) is 4. The van der Waals surface area contributed by atoms with Gasteiger partial charge in [-0.1, -0.05) is 13.3 Å². The zero-order chi connectivity index (χ0) is 8.69. The Morgan fingerprint density at radius 1 is 1.73 bits per heavy atom. The van der Waals surface area contributed by atoms with Crippen molar-refractivity contribution < 1.29 is 14.6 Å². The standard InChI is InChI=1S/C7H11NO3/c1-3-4-6(5-8)7(9)11-10-2/h6H,3-4H2,1-2H3. The maximum absolute atomic E-state index is 10.8. The molecule has 0 radical (unpaired) electrons. The third-order valence-electron chi connectivity index (χ3n) is 1.18. The summed E-state index contributed by atoms with van der Waals surface area (Å²) in [7, 11) is 1.23. The van der Waals surface area contributed by atoms with Crippen LogP contribution in [-0.2, 0) is 14.6 Å². The van der Waals surface area contributed by atoms with Crippen LogP contribution in [0.4, 0.5) is 0 Å². The Kier molecular flexibility index (Phi) is 5.13. The zero-order valence-electron chi connectivity index (χ0n) is 6.66. The van der Waals surface area contributed by atoms with Crippen LogP contribution in [-0.4, -0.2) is 13.1 Å². The Hall–Kier alpha value is -1.08. The summed E-state index contributed by atoms with van der Waals surface area (Å²) >= 11 is 0. The molecule has 0 aliphatic heterocycles. The Balaban J connectivity index is 3.84. The van der Waals surface area contributed by atoms with Gasteiger partial charge < -0.3 is 0 Å². The van der Waals surface area contributed by atoms with Crippen molar-refractivity contribution in [3.63, 3.8) is 0 Å². The maximum Gasteiger partial charge on any atom is 0.359 e. The number of carbonyl (C=O) groups is 1. The summed E-state index contributed by atoms with van der Waals surface area (Å²) in [5.41, 5.74) is 0. The quantitative estimate of drug-likeness (QED) is 0.451. The van der Waals surface area contributed by atoms with Crippen molar-refractivity contribution in [1.29, 1.82) is 5.26 Å². The monoisotopic (exact) mass is 157 g/mol. The molecule has 1 unspecified atom stereocenters. The van der Waals surface area contributed by atoms with Crippen molar-refractivity contribution in [3.8, 4) is 6.07 Å². The van der Waals surface area contributed by atoms with Crippen LogP contribution in [0, 0.1) is 17.2 Å². The van der Waals surface area contributed by atoms with Crippen molar-refractivity contribution in [2.45, 2.75) is 19.8 Å². The molecular formula is C7H11NO3. The van der Waals surface area contributed by atoms with Crippen molar-refractivity contribution in [2.75, 3.05) is 7.11 Å². The minimum Gasteiger partial charge on any atom is -0.297 e. The molecule has 0 aliphatic rings. The van der Waals surface area contributed by atoms with Gasteiger partial charge in [0.25, 0.3) is 0 Å². The fourth-order valence-corrected chi connectivity index (χ4v) is 0.664. The Labute approximate surface area is 65.6 Å². The van der Waals surface area contributed by atoms with Crippen molar-refractivity contribution in [3.05, 3.63) is 0 Å². The van der Waals surface area contributed by atoms with Crippen LogP contribution in [0.1, 0.15) is 19.8 Å². The molecule has 1 atom stereocenters. The number of hydrogen-bond donors (Lipinski definition) is 0. The Bertz CT molecular complexity index is 162. The van der Waals surface area contributed by atoms with Gasteiger partial charge in [-0.2, -0.15) is 10.1 Å². The molecule has 0 aromatic carbocycles.